The van der Waals surface area contributed by atoms with E-state index < -0.39 is 10.0 Å². The third-order valence-corrected chi connectivity index (χ3v) is 6.66. The van der Waals surface area contributed by atoms with Gasteiger partial charge >= 0.3 is 0 Å². The Morgan fingerprint density at radius 2 is 1.58 bits per heavy atom. The zero-order chi connectivity index (χ0) is 16.6. The molecule has 2 fully saturated rings. The van der Waals surface area contributed by atoms with E-state index in [-0.39, 0.29) is 6.04 Å². The van der Waals surface area contributed by atoms with Crippen molar-refractivity contribution in [1.82, 2.24) is 4.72 Å². The molecule has 2 saturated carbocycles. The van der Waals surface area contributed by atoms with E-state index in [0.29, 0.717) is 22.5 Å². The van der Waals surface area contributed by atoms with E-state index in [9.17, 15) is 8.42 Å². The van der Waals surface area contributed by atoms with Crippen LogP contribution >= 0.6 is 0 Å². The molecule has 0 heterocycles. The first-order valence-corrected chi connectivity index (χ1v) is 9.94. The van der Waals surface area contributed by atoms with Gasteiger partial charge in [-0.15, -0.1) is 0 Å². The van der Waals surface area contributed by atoms with Crippen LogP contribution < -0.4 is 9.46 Å². The molecular formula is C19H21NO3S. The second-order valence-corrected chi connectivity index (χ2v) is 8.50. The van der Waals surface area contributed by atoms with Crippen LogP contribution in [0.15, 0.2) is 59.5 Å². The Morgan fingerprint density at radius 1 is 0.875 bits per heavy atom. The summed E-state index contributed by atoms with van der Waals surface area (Å²) >= 11 is 0. The predicted octanol–water partition coefficient (Wildman–Crippen LogP) is 3.95. The van der Waals surface area contributed by atoms with E-state index >= 15 is 0 Å². The van der Waals surface area contributed by atoms with Crippen molar-refractivity contribution in [3.05, 3.63) is 54.6 Å². The molecule has 2 bridgehead atoms. The van der Waals surface area contributed by atoms with Gasteiger partial charge in [0.25, 0.3) is 0 Å². The minimum Gasteiger partial charge on any atom is -0.457 e. The maximum Gasteiger partial charge on any atom is 0.240 e. The van der Waals surface area contributed by atoms with Gasteiger partial charge in [0, 0.05) is 6.04 Å². The number of ether oxygens (including phenoxy) is 1. The van der Waals surface area contributed by atoms with Gasteiger partial charge in [-0.2, -0.15) is 0 Å². The summed E-state index contributed by atoms with van der Waals surface area (Å²) in [4.78, 5) is 0.297. The average molecular weight is 343 g/mol. The summed E-state index contributed by atoms with van der Waals surface area (Å²) < 4.78 is 33.8. The standard InChI is InChI=1S/C19H21NO3S/c21-24(22,20-19-13-14-6-7-15(19)12-14)18-10-8-17(9-11-18)23-16-4-2-1-3-5-16/h1-5,8-11,14-15,19-20H,6-7,12-13H2/t14-,15-,19+/m0/s1. The van der Waals surface area contributed by atoms with Gasteiger partial charge in [0.15, 0.2) is 0 Å². The molecule has 0 unspecified atom stereocenters. The summed E-state index contributed by atoms with van der Waals surface area (Å²) in [6.07, 6.45) is 4.58. The topological polar surface area (TPSA) is 55.4 Å². The molecule has 4 rings (SSSR count). The molecule has 1 N–H and O–H groups in total. The van der Waals surface area contributed by atoms with Gasteiger partial charge in [0.1, 0.15) is 11.5 Å². The zero-order valence-corrected chi connectivity index (χ0v) is 14.2. The minimum atomic E-state index is -3.46. The monoisotopic (exact) mass is 343 g/mol. The van der Waals surface area contributed by atoms with Gasteiger partial charge in [-0.1, -0.05) is 24.6 Å². The maximum atomic E-state index is 12.6. The summed E-state index contributed by atoms with van der Waals surface area (Å²) in [7, 11) is -3.46. The third-order valence-electron chi connectivity index (χ3n) is 5.16. The smallest absolute Gasteiger partial charge is 0.240 e. The highest BCUT2D eigenvalue weighted by atomic mass is 32.2. The van der Waals surface area contributed by atoms with Crippen molar-refractivity contribution in [1.29, 1.82) is 0 Å². The number of nitrogens with one attached hydrogen (secondary N) is 1. The van der Waals surface area contributed by atoms with E-state index in [1.807, 2.05) is 30.3 Å². The van der Waals surface area contributed by atoms with Gasteiger partial charge < -0.3 is 4.74 Å². The molecule has 2 aromatic rings. The number of rotatable bonds is 5. The SMILES string of the molecule is O=S(=O)(N[C@@H]1C[C@H]2CC[C@H]1C2)c1ccc(Oc2ccccc2)cc1. The molecule has 0 aliphatic heterocycles. The predicted molar refractivity (Wildman–Crippen MR) is 92.5 cm³/mol. The number of benzene rings is 2. The number of hydrogen-bond donors (Lipinski definition) is 1. The Kier molecular flexibility index (Phi) is 4.06. The van der Waals surface area contributed by atoms with Crippen LogP contribution in [0.4, 0.5) is 0 Å². The second kappa shape index (κ2) is 6.22. The second-order valence-electron chi connectivity index (χ2n) is 6.79. The van der Waals surface area contributed by atoms with Gasteiger partial charge in [-0.25, -0.2) is 13.1 Å². The Hall–Kier alpha value is -1.85. The van der Waals surface area contributed by atoms with Crippen LogP contribution in [0.3, 0.4) is 0 Å². The molecule has 0 aromatic heterocycles. The fourth-order valence-electron chi connectivity index (χ4n) is 3.97. The zero-order valence-electron chi connectivity index (χ0n) is 13.4. The lowest BCUT2D eigenvalue weighted by molar-refractivity contribution is 0.390. The van der Waals surface area contributed by atoms with Crippen LogP contribution in [-0.4, -0.2) is 14.5 Å². The molecule has 126 valence electrons. The lowest BCUT2D eigenvalue weighted by atomic mass is 9.96. The molecule has 0 saturated heterocycles. The van der Waals surface area contributed by atoms with E-state index in [4.69, 9.17) is 4.74 Å². The van der Waals surface area contributed by atoms with E-state index in [0.717, 1.165) is 18.6 Å². The minimum absolute atomic E-state index is 0.106. The Morgan fingerprint density at radius 3 is 2.21 bits per heavy atom. The Balaban J connectivity index is 1.45. The molecule has 24 heavy (non-hydrogen) atoms. The van der Waals surface area contributed by atoms with Crippen molar-refractivity contribution in [3.63, 3.8) is 0 Å². The van der Waals surface area contributed by atoms with Gasteiger partial charge in [0.2, 0.25) is 10.0 Å². The lowest BCUT2D eigenvalue weighted by Gasteiger charge is -2.22. The summed E-state index contributed by atoms with van der Waals surface area (Å²) in [5, 5.41) is 0. The number of para-hydroxylation sites is 1. The third kappa shape index (κ3) is 3.19. The van der Waals surface area contributed by atoms with Crippen LogP contribution in [-0.2, 0) is 10.0 Å². The molecule has 2 aromatic carbocycles. The molecule has 0 radical (unpaired) electrons. The van der Waals surface area contributed by atoms with Crippen molar-refractivity contribution < 1.29 is 13.2 Å². The van der Waals surface area contributed by atoms with Crippen LogP contribution in [0.2, 0.25) is 0 Å². The highest BCUT2D eigenvalue weighted by Gasteiger charge is 2.41. The van der Waals surface area contributed by atoms with Gasteiger partial charge in [-0.05, 0) is 67.5 Å². The first kappa shape index (κ1) is 15.7. The highest BCUT2D eigenvalue weighted by Crippen LogP contribution is 2.44. The van der Waals surface area contributed by atoms with Crippen molar-refractivity contribution in [3.8, 4) is 11.5 Å². The molecule has 4 nitrogen and oxygen atoms in total. The average Bonchev–Trinajstić information content (AvgIpc) is 3.19. The molecule has 3 atom stereocenters. The van der Waals surface area contributed by atoms with E-state index in [1.54, 1.807) is 24.3 Å². The van der Waals surface area contributed by atoms with Crippen LogP contribution in [0, 0.1) is 11.8 Å². The molecule has 5 heteroatoms. The van der Waals surface area contributed by atoms with Crippen molar-refractivity contribution >= 4 is 10.0 Å². The van der Waals surface area contributed by atoms with Gasteiger partial charge in [-0.3, -0.25) is 0 Å². The fourth-order valence-corrected chi connectivity index (χ4v) is 5.29. The van der Waals surface area contributed by atoms with Gasteiger partial charge in [0.05, 0.1) is 4.90 Å². The molecule has 2 aliphatic carbocycles. The van der Waals surface area contributed by atoms with E-state index in [1.165, 1.54) is 12.8 Å². The largest absolute Gasteiger partial charge is 0.457 e. The van der Waals surface area contributed by atoms with E-state index in [2.05, 4.69) is 4.72 Å². The quantitative estimate of drug-likeness (QED) is 0.894. The summed E-state index contributed by atoms with van der Waals surface area (Å²) in [6.45, 7) is 0. The number of fused-ring (bicyclic) bond motifs is 2. The summed E-state index contributed by atoms with van der Waals surface area (Å²) in [5.74, 6) is 2.59. The lowest BCUT2D eigenvalue weighted by Crippen LogP contribution is -2.38. The highest BCUT2D eigenvalue weighted by molar-refractivity contribution is 7.89. The number of hydrogen-bond acceptors (Lipinski definition) is 3. The first-order valence-electron chi connectivity index (χ1n) is 8.45. The maximum absolute atomic E-state index is 12.6. The van der Waals surface area contributed by atoms with Crippen molar-refractivity contribution in [2.45, 2.75) is 36.6 Å². The molecule has 2 aliphatic rings. The first-order chi connectivity index (χ1) is 11.6. The summed E-state index contributed by atoms with van der Waals surface area (Å²) in [5.41, 5.74) is 0. The van der Waals surface area contributed by atoms with Crippen molar-refractivity contribution in [2.24, 2.45) is 11.8 Å². The Bertz CT molecular complexity index is 802. The van der Waals surface area contributed by atoms with Crippen LogP contribution in [0.5, 0.6) is 11.5 Å². The fraction of sp³-hybridized carbons (Fsp3) is 0.368. The van der Waals surface area contributed by atoms with Crippen LogP contribution in [0.1, 0.15) is 25.7 Å². The number of sulfonamides is 1. The molecular weight excluding hydrogens is 322 g/mol. The molecule has 0 spiro atoms. The molecule has 0 amide bonds. The normalized spacial score (nSPS) is 25.8. The Labute approximate surface area is 142 Å². The van der Waals surface area contributed by atoms with Crippen LogP contribution in [0.25, 0.3) is 0 Å². The summed E-state index contributed by atoms with van der Waals surface area (Å²) in [6, 6.07) is 16.1. The van der Waals surface area contributed by atoms with Crippen molar-refractivity contribution in [2.75, 3.05) is 0 Å².